The highest BCUT2D eigenvalue weighted by Crippen LogP contribution is 2.28. The number of carbonyl (C=O) groups is 1. The fourth-order valence-electron chi connectivity index (χ4n) is 4.14. The first-order chi connectivity index (χ1) is 14.9. The number of aromatic nitrogens is 3. The molecule has 0 aliphatic rings. The van der Waals surface area contributed by atoms with E-state index in [0.717, 1.165) is 31.5 Å². The lowest BCUT2D eigenvalue weighted by atomic mass is 10.1. The van der Waals surface area contributed by atoms with Gasteiger partial charge in [0.05, 0.1) is 35.0 Å². The Kier molecular flexibility index (Phi) is 5.49. The van der Waals surface area contributed by atoms with Gasteiger partial charge in [0, 0.05) is 5.39 Å². The Bertz CT molecular complexity index is 1430. The average molecular weight is 438 g/mol. The van der Waals surface area contributed by atoms with Crippen LogP contribution in [0.4, 0.5) is 0 Å². The molecule has 0 fully saturated rings. The van der Waals surface area contributed by atoms with Gasteiger partial charge in [0.1, 0.15) is 6.04 Å². The first kappa shape index (κ1) is 21.0. The van der Waals surface area contributed by atoms with Crippen molar-refractivity contribution in [3.8, 4) is 0 Å². The van der Waals surface area contributed by atoms with Crippen LogP contribution in [-0.4, -0.2) is 26.6 Å². The minimum absolute atomic E-state index is 0.196. The Morgan fingerprint density at radius 3 is 2.65 bits per heavy atom. The molecule has 0 amide bonds. The Morgan fingerprint density at radius 1 is 1.19 bits per heavy atom. The maximum atomic E-state index is 13.5. The summed E-state index contributed by atoms with van der Waals surface area (Å²) in [5.41, 5.74) is 2.47. The van der Waals surface area contributed by atoms with E-state index in [-0.39, 0.29) is 13.0 Å². The van der Waals surface area contributed by atoms with Crippen LogP contribution in [0, 0.1) is 13.8 Å². The van der Waals surface area contributed by atoms with Crippen LogP contribution in [0.3, 0.4) is 0 Å². The molecular weight excluding hydrogens is 414 g/mol. The Morgan fingerprint density at radius 2 is 1.94 bits per heavy atom. The van der Waals surface area contributed by atoms with E-state index in [1.165, 1.54) is 23.2 Å². The summed E-state index contributed by atoms with van der Waals surface area (Å²) in [5.74, 6) is -0.617. The third-order valence-electron chi connectivity index (χ3n) is 5.55. The van der Waals surface area contributed by atoms with E-state index in [0.29, 0.717) is 10.9 Å². The Balaban J connectivity index is 2.00. The summed E-state index contributed by atoms with van der Waals surface area (Å²) < 4.78 is 13.1. The maximum Gasteiger partial charge on any atom is 0.332 e. The van der Waals surface area contributed by atoms with Gasteiger partial charge in [0.15, 0.2) is 0 Å². The van der Waals surface area contributed by atoms with E-state index >= 15 is 0 Å². The number of nitrogens with zero attached hydrogens (tertiary/aromatic N) is 3. The van der Waals surface area contributed by atoms with E-state index < -0.39 is 23.3 Å². The van der Waals surface area contributed by atoms with E-state index in [1.807, 2.05) is 13.8 Å². The summed E-state index contributed by atoms with van der Waals surface area (Å²) >= 11 is 1.39. The summed E-state index contributed by atoms with van der Waals surface area (Å²) in [6.07, 6.45) is 0.262. The third kappa shape index (κ3) is 3.46. The van der Waals surface area contributed by atoms with Crippen LogP contribution >= 0.6 is 11.5 Å². The second-order valence-corrected chi connectivity index (χ2v) is 8.40. The summed E-state index contributed by atoms with van der Waals surface area (Å²) in [5, 5.41) is 1.39. The monoisotopic (exact) mass is 437 g/mol. The molecule has 0 radical (unpaired) electrons. The number of para-hydroxylation sites is 1. The predicted octanol–water partition coefficient (Wildman–Crippen LogP) is 3.56. The van der Waals surface area contributed by atoms with Crippen LogP contribution in [0.1, 0.15) is 36.2 Å². The minimum Gasteiger partial charge on any atom is -0.467 e. The van der Waals surface area contributed by atoms with Gasteiger partial charge in [-0.05, 0) is 61.1 Å². The molecule has 0 N–H and O–H groups in total. The quantitative estimate of drug-likeness (QED) is 0.446. The zero-order valence-corrected chi connectivity index (χ0v) is 18.7. The number of ether oxygens (including phenoxy) is 1. The zero-order chi connectivity index (χ0) is 22.3. The lowest BCUT2D eigenvalue weighted by Crippen LogP contribution is -2.44. The van der Waals surface area contributed by atoms with Crippen LogP contribution in [0.2, 0.25) is 0 Å². The van der Waals surface area contributed by atoms with Gasteiger partial charge in [-0.15, -0.1) is 0 Å². The number of benzene rings is 2. The third-order valence-corrected chi connectivity index (χ3v) is 6.38. The predicted molar refractivity (Wildman–Crippen MR) is 122 cm³/mol. The van der Waals surface area contributed by atoms with Crippen molar-refractivity contribution >= 4 is 38.5 Å². The second kappa shape index (κ2) is 8.11. The van der Waals surface area contributed by atoms with Gasteiger partial charge in [-0.2, -0.15) is 4.37 Å². The number of carbonyl (C=O) groups excluding carboxylic acids is 1. The molecule has 2 aromatic heterocycles. The molecule has 31 heavy (non-hydrogen) atoms. The lowest BCUT2D eigenvalue weighted by Gasteiger charge is -2.18. The number of hydrogen-bond acceptors (Lipinski definition) is 6. The highest BCUT2D eigenvalue weighted by Gasteiger charge is 2.26. The van der Waals surface area contributed by atoms with Crippen molar-refractivity contribution in [2.75, 3.05) is 7.11 Å². The van der Waals surface area contributed by atoms with Gasteiger partial charge in [0.2, 0.25) is 0 Å². The maximum absolute atomic E-state index is 13.5. The van der Waals surface area contributed by atoms with Gasteiger partial charge in [-0.3, -0.25) is 9.36 Å². The summed E-state index contributed by atoms with van der Waals surface area (Å²) in [7, 11) is 1.25. The van der Waals surface area contributed by atoms with Crippen LogP contribution < -0.4 is 11.2 Å². The number of rotatable bonds is 5. The minimum atomic E-state index is -0.989. The van der Waals surface area contributed by atoms with Crippen molar-refractivity contribution in [3.05, 3.63) is 74.1 Å². The van der Waals surface area contributed by atoms with Gasteiger partial charge in [0.25, 0.3) is 5.56 Å². The first-order valence-corrected chi connectivity index (χ1v) is 10.8. The molecule has 4 aromatic rings. The second-order valence-electron chi connectivity index (χ2n) is 7.59. The summed E-state index contributed by atoms with van der Waals surface area (Å²) in [6.45, 7) is 6.00. The Labute approximate surface area is 182 Å². The van der Waals surface area contributed by atoms with Gasteiger partial charge in [-0.25, -0.2) is 14.2 Å². The molecule has 0 unspecified atom stereocenters. The molecule has 0 aliphatic heterocycles. The number of fused-ring (bicyclic) bond motifs is 2. The van der Waals surface area contributed by atoms with Crippen molar-refractivity contribution in [1.29, 1.82) is 0 Å². The molecule has 0 aliphatic carbocycles. The first-order valence-electron chi connectivity index (χ1n) is 10.0. The number of aryl methyl sites for hydroxylation is 2. The molecular formula is C23H23N3O4S. The highest BCUT2D eigenvalue weighted by molar-refractivity contribution is 7.13. The summed E-state index contributed by atoms with van der Waals surface area (Å²) in [6, 6.07) is 10.1. The molecule has 160 valence electrons. The fourth-order valence-corrected chi connectivity index (χ4v) is 5.10. The van der Waals surface area contributed by atoms with Crippen LogP contribution in [0.15, 0.2) is 46.0 Å². The van der Waals surface area contributed by atoms with Gasteiger partial charge >= 0.3 is 11.7 Å². The molecule has 7 nitrogen and oxygen atoms in total. The molecule has 0 bridgehead atoms. The molecule has 0 spiro atoms. The molecule has 2 aromatic carbocycles. The van der Waals surface area contributed by atoms with E-state index in [2.05, 4.69) is 16.5 Å². The number of methoxy groups -OCH3 is 1. The smallest absolute Gasteiger partial charge is 0.332 e. The van der Waals surface area contributed by atoms with Crippen molar-refractivity contribution in [2.24, 2.45) is 0 Å². The largest absolute Gasteiger partial charge is 0.467 e. The van der Waals surface area contributed by atoms with Crippen LogP contribution in [0.25, 0.3) is 21.0 Å². The molecule has 0 saturated heterocycles. The number of hydrogen-bond donors (Lipinski definition) is 0. The topological polar surface area (TPSA) is 83.2 Å². The molecule has 1 atom stereocenters. The standard InChI is InChI=1S/C23H23N3O4S/c1-5-17(22(28)30-4)26-21(27)15-8-6-7-9-18(15)25(23(26)29)12-16-20-14(3)10-13(2)11-19(20)31-24-16/h6-11,17H,5,12H2,1-4H3/t17-/m1/s1. The number of esters is 1. The van der Waals surface area contributed by atoms with Crippen molar-refractivity contribution < 1.29 is 9.53 Å². The highest BCUT2D eigenvalue weighted by atomic mass is 32.1. The molecule has 8 heteroatoms. The van der Waals surface area contributed by atoms with E-state index in [9.17, 15) is 14.4 Å². The van der Waals surface area contributed by atoms with Gasteiger partial charge < -0.3 is 4.74 Å². The summed E-state index contributed by atoms with van der Waals surface area (Å²) in [4.78, 5) is 39.0. The van der Waals surface area contributed by atoms with E-state index in [4.69, 9.17) is 4.74 Å². The van der Waals surface area contributed by atoms with Gasteiger partial charge in [-0.1, -0.05) is 25.1 Å². The zero-order valence-electron chi connectivity index (χ0n) is 17.8. The SMILES string of the molecule is CC[C@H](C(=O)OC)n1c(=O)c2ccccc2n(Cc2nsc3cc(C)cc(C)c23)c1=O. The molecule has 2 heterocycles. The molecule has 4 rings (SSSR count). The average Bonchev–Trinajstić information content (AvgIpc) is 3.16. The van der Waals surface area contributed by atoms with Crippen LogP contribution in [0.5, 0.6) is 0 Å². The van der Waals surface area contributed by atoms with Crippen molar-refractivity contribution in [1.82, 2.24) is 13.5 Å². The van der Waals surface area contributed by atoms with Crippen molar-refractivity contribution in [3.63, 3.8) is 0 Å². The van der Waals surface area contributed by atoms with Crippen molar-refractivity contribution in [2.45, 2.75) is 39.8 Å². The van der Waals surface area contributed by atoms with E-state index in [1.54, 1.807) is 31.2 Å². The van der Waals surface area contributed by atoms with Crippen LogP contribution in [-0.2, 0) is 16.1 Å². The lowest BCUT2D eigenvalue weighted by molar-refractivity contribution is -0.144. The Hall–Kier alpha value is -3.26. The normalized spacial score (nSPS) is 12.4. The molecule has 0 saturated carbocycles. The fraction of sp³-hybridized carbons (Fsp3) is 0.304.